The van der Waals surface area contributed by atoms with Crippen molar-refractivity contribution in [3.63, 3.8) is 0 Å². The van der Waals surface area contributed by atoms with Crippen LogP contribution in [0.2, 0.25) is 0 Å². The summed E-state index contributed by atoms with van der Waals surface area (Å²) in [5, 5.41) is 8.18. The minimum atomic E-state index is -0.214. The molecule has 2 N–H and O–H groups in total. The Morgan fingerprint density at radius 3 is 2.79 bits per heavy atom. The van der Waals surface area contributed by atoms with E-state index in [0.717, 1.165) is 30.7 Å². The monoisotopic (exact) mass is 262 g/mol. The zero-order valence-electron chi connectivity index (χ0n) is 11.1. The smallest absolute Gasteiger partial charge is 0.128 e. The van der Waals surface area contributed by atoms with Crippen LogP contribution >= 0.6 is 0 Å². The third kappa shape index (κ3) is 3.17. The first-order chi connectivity index (χ1) is 9.26. The van der Waals surface area contributed by atoms with E-state index in [1.807, 2.05) is 6.07 Å². The number of nitrogens with zero attached hydrogens (tertiary/aromatic N) is 3. The molecular formula is C14H19FN4. The molecule has 0 bridgehead atoms. The molecule has 0 aliphatic rings. The summed E-state index contributed by atoms with van der Waals surface area (Å²) >= 11 is 0. The lowest BCUT2D eigenvalue weighted by Crippen LogP contribution is -2.10. The third-order valence-corrected chi connectivity index (χ3v) is 3.16. The maximum absolute atomic E-state index is 13.7. The standard InChI is InChI=1S/C14H19FN4/c1-2-3-8-14-13(9-16)17-18-19(14)10-11-6-4-5-7-12(11)15/h4-7H,2-3,8-10,16H2,1H3. The SMILES string of the molecule is CCCCc1c(CN)nnn1Cc1ccccc1F. The van der Waals surface area contributed by atoms with Crippen LogP contribution in [0.4, 0.5) is 4.39 Å². The van der Waals surface area contributed by atoms with E-state index in [9.17, 15) is 4.39 Å². The fourth-order valence-corrected chi connectivity index (χ4v) is 2.06. The summed E-state index contributed by atoms with van der Waals surface area (Å²) < 4.78 is 15.4. The van der Waals surface area contributed by atoms with E-state index in [1.54, 1.807) is 16.8 Å². The molecule has 1 aromatic carbocycles. The van der Waals surface area contributed by atoms with Crippen molar-refractivity contribution >= 4 is 0 Å². The molecule has 0 radical (unpaired) electrons. The van der Waals surface area contributed by atoms with Gasteiger partial charge in [-0.05, 0) is 18.9 Å². The van der Waals surface area contributed by atoms with E-state index in [0.29, 0.717) is 18.7 Å². The summed E-state index contributed by atoms with van der Waals surface area (Å²) in [4.78, 5) is 0. The number of hydrogen-bond acceptors (Lipinski definition) is 3. The lowest BCUT2D eigenvalue weighted by molar-refractivity contribution is 0.561. The van der Waals surface area contributed by atoms with Crippen molar-refractivity contribution in [2.24, 2.45) is 5.73 Å². The van der Waals surface area contributed by atoms with Gasteiger partial charge in [-0.2, -0.15) is 0 Å². The van der Waals surface area contributed by atoms with Gasteiger partial charge in [-0.15, -0.1) is 5.10 Å². The molecule has 4 nitrogen and oxygen atoms in total. The molecule has 0 atom stereocenters. The van der Waals surface area contributed by atoms with Gasteiger partial charge in [0, 0.05) is 12.1 Å². The first-order valence-corrected chi connectivity index (χ1v) is 6.61. The fourth-order valence-electron chi connectivity index (χ4n) is 2.06. The molecule has 5 heteroatoms. The van der Waals surface area contributed by atoms with Gasteiger partial charge in [0.2, 0.25) is 0 Å². The quantitative estimate of drug-likeness (QED) is 0.868. The van der Waals surface area contributed by atoms with E-state index in [1.165, 1.54) is 6.07 Å². The van der Waals surface area contributed by atoms with Gasteiger partial charge in [0.05, 0.1) is 17.9 Å². The summed E-state index contributed by atoms with van der Waals surface area (Å²) in [6.07, 6.45) is 3.02. The number of hydrogen-bond donors (Lipinski definition) is 1. The number of unbranched alkanes of at least 4 members (excludes halogenated alkanes) is 1. The summed E-state index contributed by atoms with van der Waals surface area (Å²) in [6.45, 7) is 2.90. The summed E-state index contributed by atoms with van der Waals surface area (Å²) in [6, 6.07) is 6.74. The maximum atomic E-state index is 13.7. The number of aromatic nitrogens is 3. The summed E-state index contributed by atoms with van der Waals surface area (Å²) in [5.41, 5.74) is 8.12. The van der Waals surface area contributed by atoms with E-state index in [4.69, 9.17) is 5.73 Å². The molecule has 0 saturated carbocycles. The number of nitrogens with two attached hydrogens (primary N) is 1. The van der Waals surface area contributed by atoms with Gasteiger partial charge in [0.25, 0.3) is 0 Å². The largest absolute Gasteiger partial charge is 0.325 e. The van der Waals surface area contributed by atoms with Gasteiger partial charge in [-0.25, -0.2) is 9.07 Å². The zero-order chi connectivity index (χ0) is 13.7. The Kier molecular flexibility index (Phi) is 4.63. The Labute approximate surface area is 112 Å². The van der Waals surface area contributed by atoms with Gasteiger partial charge in [-0.1, -0.05) is 36.8 Å². The molecule has 1 heterocycles. The van der Waals surface area contributed by atoms with Crippen molar-refractivity contribution in [1.82, 2.24) is 15.0 Å². The van der Waals surface area contributed by atoms with E-state index in [2.05, 4.69) is 17.2 Å². The highest BCUT2D eigenvalue weighted by atomic mass is 19.1. The molecule has 0 saturated heterocycles. The summed E-state index contributed by atoms with van der Waals surface area (Å²) in [7, 11) is 0. The molecule has 0 fully saturated rings. The molecule has 0 spiro atoms. The zero-order valence-corrected chi connectivity index (χ0v) is 11.1. The van der Waals surface area contributed by atoms with E-state index in [-0.39, 0.29) is 5.82 Å². The molecule has 2 aromatic rings. The molecule has 0 aliphatic carbocycles. The lowest BCUT2D eigenvalue weighted by atomic mass is 10.1. The number of rotatable bonds is 6. The second-order valence-corrected chi connectivity index (χ2v) is 4.54. The van der Waals surface area contributed by atoms with E-state index >= 15 is 0 Å². The Balaban J connectivity index is 2.24. The maximum Gasteiger partial charge on any atom is 0.128 e. The minimum Gasteiger partial charge on any atom is -0.325 e. The molecule has 1 aromatic heterocycles. The number of halogens is 1. The molecule has 2 rings (SSSR count). The topological polar surface area (TPSA) is 56.7 Å². The Morgan fingerprint density at radius 1 is 1.32 bits per heavy atom. The molecule has 0 unspecified atom stereocenters. The number of benzene rings is 1. The van der Waals surface area contributed by atoms with Crippen LogP contribution in [-0.2, 0) is 19.5 Å². The normalized spacial score (nSPS) is 10.9. The van der Waals surface area contributed by atoms with Gasteiger partial charge >= 0.3 is 0 Å². The van der Waals surface area contributed by atoms with Gasteiger partial charge in [0.15, 0.2) is 0 Å². The average Bonchev–Trinajstić information content (AvgIpc) is 2.81. The van der Waals surface area contributed by atoms with Crippen molar-refractivity contribution in [2.75, 3.05) is 0 Å². The van der Waals surface area contributed by atoms with Crippen molar-refractivity contribution in [1.29, 1.82) is 0 Å². The van der Waals surface area contributed by atoms with Crippen LogP contribution in [0.5, 0.6) is 0 Å². The van der Waals surface area contributed by atoms with Gasteiger partial charge in [0.1, 0.15) is 5.82 Å². The molecule has 0 aliphatic heterocycles. The van der Waals surface area contributed by atoms with Crippen LogP contribution in [0, 0.1) is 5.82 Å². The second-order valence-electron chi connectivity index (χ2n) is 4.54. The first-order valence-electron chi connectivity index (χ1n) is 6.61. The lowest BCUT2D eigenvalue weighted by Gasteiger charge is -2.08. The van der Waals surface area contributed by atoms with Crippen LogP contribution in [0.15, 0.2) is 24.3 Å². The van der Waals surface area contributed by atoms with Crippen molar-refractivity contribution in [2.45, 2.75) is 39.3 Å². The fraction of sp³-hybridized carbons (Fsp3) is 0.429. The van der Waals surface area contributed by atoms with E-state index < -0.39 is 0 Å². The van der Waals surface area contributed by atoms with Crippen LogP contribution in [-0.4, -0.2) is 15.0 Å². The van der Waals surface area contributed by atoms with Crippen molar-refractivity contribution in [3.05, 3.63) is 47.0 Å². The molecule has 102 valence electrons. The summed E-state index contributed by atoms with van der Waals surface area (Å²) in [5.74, 6) is -0.214. The first kappa shape index (κ1) is 13.7. The average molecular weight is 262 g/mol. The van der Waals surface area contributed by atoms with Gasteiger partial charge in [-0.3, -0.25) is 0 Å². The highest BCUT2D eigenvalue weighted by molar-refractivity contribution is 5.19. The van der Waals surface area contributed by atoms with Crippen LogP contribution < -0.4 is 5.73 Å². The van der Waals surface area contributed by atoms with Crippen molar-refractivity contribution < 1.29 is 4.39 Å². The van der Waals surface area contributed by atoms with Gasteiger partial charge < -0.3 is 5.73 Å². The van der Waals surface area contributed by atoms with Crippen LogP contribution in [0.3, 0.4) is 0 Å². The highest BCUT2D eigenvalue weighted by Crippen LogP contribution is 2.13. The predicted molar refractivity (Wildman–Crippen MR) is 72.0 cm³/mol. The Hall–Kier alpha value is -1.75. The highest BCUT2D eigenvalue weighted by Gasteiger charge is 2.12. The Bertz CT molecular complexity index is 536. The minimum absolute atomic E-state index is 0.214. The van der Waals surface area contributed by atoms with Crippen LogP contribution in [0.25, 0.3) is 0 Å². The predicted octanol–water partition coefficient (Wildman–Crippen LogP) is 2.27. The molecular weight excluding hydrogens is 243 g/mol. The molecule has 0 amide bonds. The molecule has 19 heavy (non-hydrogen) atoms. The second kappa shape index (κ2) is 6.43. The Morgan fingerprint density at radius 2 is 2.11 bits per heavy atom. The van der Waals surface area contributed by atoms with Crippen molar-refractivity contribution in [3.8, 4) is 0 Å². The van der Waals surface area contributed by atoms with Crippen LogP contribution in [0.1, 0.15) is 36.7 Å². The third-order valence-electron chi connectivity index (χ3n) is 3.16.